The number of aryl methyl sites for hydroxylation is 1. The summed E-state index contributed by atoms with van der Waals surface area (Å²) in [6.07, 6.45) is 0. The maximum Gasteiger partial charge on any atom is 0.316 e. The molecule has 0 radical (unpaired) electrons. The molecule has 1 rings (SSSR count). The minimum atomic E-state index is -3.03. The van der Waals surface area contributed by atoms with Gasteiger partial charge in [0.1, 0.15) is 5.76 Å². The fourth-order valence-electron chi connectivity index (χ4n) is 0.732. The normalized spacial score (nSPS) is 12.0. The monoisotopic (exact) mass is 161 g/mol. The fraction of sp³-hybridized carbons (Fsp3) is 0.429. The van der Waals surface area contributed by atoms with Gasteiger partial charge in [0.25, 0.3) is 0 Å². The molecule has 4 heteroatoms. The van der Waals surface area contributed by atoms with Crippen molar-refractivity contribution in [2.75, 3.05) is 6.54 Å². The van der Waals surface area contributed by atoms with Gasteiger partial charge in [0.15, 0.2) is 5.76 Å². The van der Waals surface area contributed by atoms with Crippen molar-refractivity contribution < 1.29 is 13.2 Å². The van der Waals surface area contributed by atoms with E-state index in [0.29, 0.717) is 5.76 Å². The number of alkyl halides is 2. The number of hydrogen-bond donors (Lipinski definition) is 1. The quantitative estimate of drug-likeness (QED) is 0.716. The van der Waals surface area contributed by atoms with Gasteiger partial charge in [-0.3, -0.25) is 0 Å². The van der Waals surface area contributed by atoms with Gasteiger partial charge in [-0.15, -0.1) is 0 Å². The van der Waals surface area contributed by atoms with E-state index in [9.17, 15) is 8.78 Å². The lowest BCUT2D eigenvalue weighted by atomic mass is 10.2. The Bertz CT molecular complexity index is 244. The minimum Gasteiger partial charge on any atom is -0.460 e. The molecule has 0 unspecified atom stereocenters. The van der Waals surface area contributed by atoms with E-state index in [1.807, 2.05) is 0 Å². The highest BCUT2D eigenvalue weighted by atomic mass is 19.3. The van der Waals surface area contributed by atoms with E-state index in [1.54, 1.807) is 6.92 Å². The molecule has 0 atom stereocenters. The van der Waals surface area contributed by atoms with Crippen LogP contribution in [-0.4, -0.2) is 6.54 Å². The van der Waals surface area contributed by atoms with E-state index < -0.39 is 12.5 Å². The molecule has 0 aromatic carbocycles. The summed E-state index contributed by atoms with van der Waals surface area (Å²) in [5, 5.41) is 0. The molecule has 2 nitrogen and oxygen atoms in total. The molecule has 0 bridgehead atoms. The molecule has 0 amide bonds. The van der Waals surface area contributed by atoms with Crippen LogP contribution in [0.4, 0.5) is 8.78 Å². The van der Waals surface area contributed by atoms with Crippen molar-refractivity contribution in [2.24, 2.45) is 5.73 Å². The molecule has 0 aliphatic rings. The molecule has 0 saturated carbocycles. The number of hydrogen-bond acceptors (Lipinski definition) is 2. The third-order valence-corrected chi connectivity index (χ3v) is 1.36. The Morgan fingerprint density at radius 2 is 2.18 bits per heavy atom. The third kappa shape index (κ3) is 1.57. The second-order valence-corrected chi connectivity index (χ2v) is 2.32. The standard InChI is InChI=1S/C7H9F2NO/c1-5-2-3-6(11-5)7(8,9)4-10/h2-3H,4,10H2,1H3. The first-order chi connectivity index (χ1) is 5.06. The summed E-state index contributed by atoms with van der Waals surface area (Å²) in [6, 6.07) is 2.72. The van der Waals surface area contributed by atoms with Crippen LogP contribution < -0.4 is 5.73 Å². The van der Waals surface area contributed by atoms with Crippen LogP contribution in [-0.2, 0) is 5.92 Å². The highest BCUT2D eigenvalue weighted by molar-refractivity contribution is 5.10. The Labute approximate surface area is 63.0 Å². The Morgan fingerprint density at radius 1 is 1.55 bits per heavy atom. The van der Waals surface area contributed by atoms with E-state index >= 15 is 0 Å². The molecular weight excluding hydrogens is 152 g/mol. The van der Waals surface area contributed by atoms with Crippen LogP contribution in [0.3, 0.4) is 0 Å². The van der Waals surface area contributed by atoms with E-state index in [1.165, 1.54) is 12.1 Å². The van der Waals surface area contributed by atoms with Gasteiger partial charge in [-0.05, 0) is 19.1 Å². The first-order valence-electron chi connectivity index (χ1n) is 3.21. The van der Waals surface area contributed by atoms with E-state index in [2.05, 4.69) is 0 Å². The molecule has 0 spiro atoms. The molecule has 0 saturated heterocycles. The molecule has 11 heavy (non-hydrogen) atoms. The van der Waals surface area contributed by atoms with Gasteiger partial charge in [0, 0.05) is 0 Å². The molecule has 1 heterocycles. The van der Waals surface area contributed by atoms with Gasteiger partial charge in [0.05, 0.1) is 6.54 Å². The maximum absolute atomic E-state index is 12.7. The van der Waals surface area contributed by atoms with Crippen LogP contribution >= 0.6 is 0 Å². The smallest absolute Gasteiger partial charge is 0.316 e. The van der Waals surface area contributed by atoms with E-state index in [-0.39, 0.29) is 5.76 Å². The van der Waals surface area contributed by atoms with Crippen LogP contribution in [0.5, 0.6) is 0 Å². The van der Waals surface area contributed by atoms with Gasteiger partial charge in [-0.25, -0.2) is 0 Å². The number of rotatable bonds is 2. The van der Waals surface area contributed by atoms with Crippen LogP contribution in [0.2, 0.25) is 0 Å². The Kier molecular flexibility index (Phi) is 1.95. The zero-order valence-electron chi connectivity index (χ0n) is 6.10. The van der Waals surface area contributed by atoms with Crippen LogP contribution in [0.1, 0.15) is 11.5 Å². The van der Waals surface area contributed by atoms with Crippen molar-refractivity contribution in [2.45, 2.75) is 12.8 Å². The van der Waals surface area contributed by atoms with Crippen molar-refractivity contribution in [1.29, 1.82) is 0 Å². The van der Waals surface area contributed by atoms with Crippen LogP contribution in [0.15, 0.2) is 16.5 Å². The van der Waals surface area contributed by atoms with Crippen molar-refractivity contribution in [3.63, 3.8) is 0 Å². The molecule has 0 fully saturated rings. The van der Waals surface area contributed by atoms with Gasteiger partial charge in [-0.1, -0.05) is 0 Å². The van der Waals surface area contributed by atoms with Crippen molar-refractivity contribution in [1.82, 2.24) is 0 Å². The lowest BCUT2D eigenvalue weighted by molar-refractivity contribution is -0.0166. The molecule has 2 N–H and O–H groups in total. The lowest BCUT2D eigenvalue weighted by Gasteiger charge is -2.09. The zero-order valence-corrected chi connectivity index (χ0v) is 6.10. The predicted molar refractivity (Wildman–Crippen MR) is 36.4 cm³/mol. The summed E-state index contributed by atoms with van der Waals surface area (Å²) in [4.78, 5) is 0. The second kappa shape index (κ2) is 2.62. The summed E-state index contributed by atoms with van der Waals surface area (Å²) in [7, 11) is 0. The summed E-state index contributed by atoms with van der Waals surface area (Å²) in [5.41, 5.74) is 4.84. The summed E-state index contributed by atoms with van der Waals surface area (Å²) in [6.45, 7) is 0.885. The van der Waals surface area contributed by atoms with Crippen molar-refractivity contribution >= 4 is 0 Å². The number of nitrogens with two attached hydrogens (primary N) is 1. The fourth-order valence-corrected chi connectivity index (χ4v) is 0.732. The Balaban J connectivity index is 2.92. The zero-order chi connectivity index (χ0) is 8.48. The first kappa shape index (κ1) is 8.20. The summed E-state index contributed by atoms with van der Waals surface area (Å²) < 4.78 is 30.1. The average Bonchev–Trinajstić information content (AvgIpc) is 2.36. The number of furan rings is 1. The Hall–Kier alpha value is -0.900. The van der Waals surface area contributed by atoms with E-state index in [4.69, 9.17) is 10.2 Å². The molecular formula is C7H9F2NO. The lowest BCUT2D eigenvalue weighted by Crippen LogP contribution is -2.24. The Morgan fingerprint density at radius 3 is 2.55 bits per heavy atom. The average molecular weight is 161 g/mol. The molecule has 62 valence electrons. The topological polar surface area (TPSA) is 39.2 Å². The largest absolute Gasteiger partial charge is 0.460 e. The van der Waals surface area contributed by atoms with Crippen molar-refractivity contribution in [3.05, 3.63) is 23.7 Å². The first-order valence-corrected chi connectivity index (χ1v) is 3.21. The SMILES string of the molecule is Cc1ccc(C(F)(F)CN)o1. The maximum atomic E-state index is 12.7. The van der Waals surface area contributed by atoms with Crippen molar-refractivity contribution in [3.8, 4) is 0 Å². The highest BCUT2D eigenvalue weighted by Gasteiger charge is 2.32. The van der Waals surface area contributed by atoms with Gasteiger partial charge >= 0.3 is 5.92 Å². The number of halogens is 2. The molecule has 1 aromatic rings. The molecule has 0 aliphatic heterocycles. The second-order valence-electron chi connectivity index (χ2n) is 2.32. The molecule has 0 aliphatic carbocycles. The van der Waals surface area contributed by atoms with Gasteiger partial charge in [0.2, 0.25) is 0 Å². The van der Waals surface area contributed by atoms with Gasteiger partial charge < -0.3 is 10.2 Å². The highest BCUT2D eigenvalue weighted by Crippen LogP contribution is 2.27. The summed E-state index contributed by atoms with van der Waals surface area (Å²) in [5.74, 6) is -2.93. The van der Waals surface area contributed by atoms with Crippen LogP contribution in [0.25, 0.3) is 0 Å². The minimum absolute atomic E-state index is 0.363. The summed E-state index contributed by atoms with van der Waals surface area (Å²) >= 11 is 0. The third-order valence-electron chi connectivity index (χ3n) is 1.36. The van der Waals surface area contributed by atoms with Gasteiger partial charge in [-0.2, -0.15) is 8.78 Å². The molecule has 1 aromatic heterocycles. The van der Waals surface area contributed by atoms with Crippen LogP contribution in [0, 0.1) is 6.92 Å². The predicted octanol–water partition coefficient (Wildman–Crippen LogP) is 1.64. The van der Waals surface area contributed by atoms with E-state index in [0.717, 1.165) is 0 Å².